The third kappa shape index (κ3) is 7.07. The van der Waals surface area contributed by atoms with Gasteiger partial charge < -0.3 is 24.2 Å². The lowest BCUT2D eigenvalue weighted by Gasteiger charge is -2.27. The van der Waals surface area contributed by atoms with Crippen LogP contribution in [0.5, 0.6) is 5.75 Å². The average molecular weight is 543 g/mol. The molecular weight excluding hydrogens is 516 g/mol. The van der Waals surface area contributed by atoms with Crippen LogP contribution in [-0.2, 0) is 23.4 Å². The van der Waals surface area contributed by atoms with Gasteiger partial charge in [0.05, 0.1) is 25.3 Å². The van der Waals surface area contributed by atoms with E-state index >= 15 is 0 Å². The maximum atomic E-state index is 13.7. The van der Waals surface area contributed by atoms with Crippen LogP contribution in [0.25, 0.3) is 0 Å². The molecule has 3 rings (SSSR count). The van der Waals surface area contributed by atoms with E-state index in [0.29, 0.717) is 10.8 Å². The molecule has 15 heteroatoms. The molecule has 1 aromatic heterocycles. The summed E-state index contributed by atoms with van der Waals surface area (Å²) >= 11 is 0. The quantitative estimate of drug-likeness (QED) is 0.240. The Morgan fingerprint density at radius 3 is 2.59 bits per heavy atom. The minimum Gasteiger partial charge on any atom is -0.508 e. The lowest BCUT2D eigenvalue weighted by atomic mass is 10.2. The highest BCUT2D eigenvalue weighted by Crippen LogP contribution is 2.48. The van der Waals surface area contributed by atoms with E-state index in [2.05, 4.69) is 5.09 Å². The Hall–Kier alpha value is -3.45. The van der Waals surface area contributed by atoms with E-state index in [4.69, 9.17) is 18.5 Å². The average Bonchev–Trinajstić information content (AvgIpc) is 3.21. The van der Waals surface area contributed by atoms with Crippen molar-refractivity contribution in [2.75, 3.05) is 6.61 Å². The molecular formula is C22H27FN3O10P. The van der Waals surface area contributed by atoms with Crippen molar-refractivity contribution in [2.24, 2.45) is 0 Å². The molecule has 0 spiro atoms. The number of aromatic nitrogens is 2. The summed E-state index contributed by atoms with van der Waals surface area (Å²) in [6.45, 7) is 3.74. The van der Waals surface area contributed by atoms with Gasteiger partial charge in [-0.1, -0.05) is 18.2 Å². The number of carbonyl (C=O) groups excluding carboxylic acids is 1. The molecule has 2 aromatic rings. The third-order valence-electron chi connectivity index (χ3n) is 4.90. The number of para-hydroxylation sites is 1. The molecule has 1 aliphatic rings. The number of aliphatic hydroxyl groups is 2. The van der Waals surface area contributed by atoms with Gasteiger partial charge in [-0.15, -0.1) is 0 Å². The molecule has 0 aliphatic carbocycles. The molecule has 0 unspecified atom stereocenters. The number of hydrogen-bond acceptors (Lipinski definition) is 10. The number of carbonyl (C=O) groups is 1. The summed E-state index contributed by atoms with van der Waals surface area (Å²) in [6.07, 6.45) is -3.14. The number of halogens is 1. The van der Waals surface area contributed by atoms with Crippen LogP contribution >= 0.6 is 7.75 Å². The SMILES string of the molecule is CC(C)OC(=O)[C@H](C)N[P@@](=O)(Oc1ccccc1)O[C@H](CO)C1=C(O)C[C@H](n2cc(F)c(=O)[nH]c2=O)O1. The molecule has 0 saturated heterocycles. The fourth-order valence-corrected chi connectivity index (χ4v) is 4.90. The van der Waals surface area contributed by atoms with Crippen LogP contribution < -0.4 is 20.9 Å². The number of esters is 1. The van der Waals surface area contributed by atoms with Crippen molar-refractivity contribution in [2.45, 2.75) is 51.7 Å². The van der Waals surface area contributed by atoms with E-state index < -0.39 is 73.4 Å². The van der Waals surface area contributed by atoms with Gasteiger partial charge in [-0.3, -0.25) is 23.7 Å². The molecule has 1 aromatic carbocycles. The minimum atomic E-state index is -4.47. The molecule has 1 aliphatic heterocycles. The van der Waals surface area contributed by atoms with Crippen LogP contribution in [0.4, 0.5) is 4.39 Å². The summed E-state index contributed by atoms with van der Waals surface area (Å²) in [4.78, 5) is 37.5. The first-order chi connectivity index (χ1) is 17.4. The maximum Gasteiger partial charge on any atom is 0.460 e. The van der Waals surface area contributed by atoms with Gasteiger partial charge in [0.25, 0.3) is 5.56 Å². The van der Waals surface area contributed by atoms with Gasteiger partial charge in [-0.05, 0) is 32.9 Å². The molecule has 202 valence electrons. The van der Waals surface area contributed by atoms with Crippen molar-refractivity contribution in [3.8, 4) is 5.75 Å². The number of H-pyrrole nitrogens is 1. The molecule has 0 bridgehead atoms. The first kappa shape index (κ1) is 28.1. The molecule has 2 heterocycles. The van der Waals surface area contributed by atoms with Crippen molar-refractivity contribution in [3.05, 3.63) is 74.7 Å². The van der Waals surface area contributed by atoms with E-state index in [0.717, 1.165) is 0 Å². The number of benzene rings is 1. The maximum absolute atomic E-state index is 13.7. The topological polar surface area (TPSA) is 178 Å². The van der Waals surface area contributed by atoms with Crippen molar-refractivity contribution in [3.63, 3.8) is 0 Å². The Bertz CT molecular complexity index is 1310. The summed E-state index contributed by atoms with van der Waals surface area (Å²) < 4.78 is 49.8. The van der Waals surface area contributed by atoms with Gasteiger partial charge in [0.15, 0.2) is 18.1 Å². The van der Waals surface area contributed by atoms with Gasteiger partial charge in [0.1, 0.15) is 17.6 Å². The second kappa shape index (κ2) is 11.7. The van der Waals surface area contributed by atoms with Crippen molar-refractivity contribution < 1.29 is 42.5 Å². The zero-order valence-electron chi connectivity index (χ0n) is 20.1. The van der Waals surface area contributed by atoms with Crippen LogP contribution in [0.15, 0.2) is 57.6 Å². The largest absolute Gasteiger partial charge is 0.508 e. The summed E-state index contributed by atoms with van der Waals surface area (Å²) in [5, 5.41) is 22.9. The van der Waals surface area contributed by atoms with Gasteiger partial charge in [0.2, 0.25) is 5.82 Å². The standard InChI is InChI=1S/C22H27FN3O10P/c1-12(2)33-21(30)13(3)25-37(32,35-14-7-5-4-6-8-14)36-17(11-27)19-16(28)9-18(34-19)26-10-15(23)20(29)24-22(26)31/h4-8,10,12-13,17-18,27-28H,9,11H2,1-3H3,(H,25,32)(H,24,29,31)/t13-,17+,18+,37+/m0/s1. The van der Waals surface area contributed by atoms with Gasteiger partial charge >= 0.3 is 19.4 Å². The van der Waals surface area contributed by atoms with Crippen LogP contribution in [0.2, 0.25) is 0 Å². The predicted molar refractivity (Wildman–Crippen MR) is 126 cm³/mol. The number of aromatic amines is 1. The van der Waals surface area contributed by atoms with Crippen LogP contribution in [-0.4, -0.2) is 50.6 Å². The van der Waals surface area contributed by atoms with Crippen LogP contribution in [0, 0.1) is 5.82 Å². The second-order valence-electron chi connectivity index (χ2n) is 8.25. The fourth-order valence-electron chi connectivity index (χ4n) is 3.27. The van der Waals surface area contributed by atoms with Gasteiger partial charge in [-0.2, -0.15) is 9.48 Å². The molecule has 0 amide bonds. The highest BCUT2D eigenvalue weighted by atomic mass is 31.2. The van der Waals surface area contributed by atoms with E-state index in [1.165, 1.54) is 19.1 Å². The van der Waals surface area contributed by atoms with Crippen LogP contribution in [0.1, 0.15) is 33.4 Å². The van der Waals surface area contributed by atoms with Crippen LogP contribution in [0.3, 0.4) is 0 Å². The zero-order chi connectivity index (χ0) is 27.3. The summed E-state index contributed by atoms with van der Waals surface area (Å²) in [5.74, 6) is -2.84. The number of hydrogen-bond donors (Lipinski definition) is 4. The first-order valence-electron chi connectivity index (χ1n) is 11.1. The van der Waals surface area contributed by atoms with Crippen molar-refractivity contribution >= 4 is 13.7 Å². The summed E-state index contributed by atoms with van der Waals surface area (Å²) in [5.41, 5.74) is -2.24. The molecule has 4 N–H and O–H groups in total. The monoisotopic (exact) mass is 543 g/mol. The number of rotatable bonds is 11. The number of ether oxygens (including phenoxy) is 2. The third-order valence-corrected chi connectivity index (χ3v) is 6.59. The normalized spacial score (nSPS) is 18.7. The second-order valence-corrected chi connectivity index (χ2v) is 9.89. The molecule has 4 atom stereocenters. The van der Waals surface area contributed by atoms with Crippen molar-refractivity contribution in [1.82, 2.24) is 14.6 Å². The fraction of sp³-hybridized carbons (Fsp3) is 0.409. The Morgan fingerprint density at radius 2 is 1.97 bits per heavy atom. The predicted octanol–water partition coefficient (Wildman–Crippen LogP) is 1.86. The summed E-state index contributed by atoms with van der Waals surface area (Å²) in [7, 11) is -4.47. The smallest absolute Gasteiger partial charge is 0.460 e. The Morgan fingerprint density at radius 1 is 1.30 bits per heavy atom. The first-order valence-corrected chi connectivity index (χ1v) is 12.7. The Balaban J connectivity index is 1.86. The number of nitrogens with zero attached hydrogens (tertiary/aromatic N) is 1. The zero-order valence-corrected chi connectivity index (χ0v) is 21.0. The Kier molecular flexibility index (Phi) is 8.92. The lowest BCUT2D eigenvalue weighted by Crippen LogP contribution is -2.38. The summed E-state index contributed by atoms with van der Waals surface area (Å²) in [6, 6.07) is 6.64. The van der Waals surface area contributed by atoms with Gasteiger partial charge in [-0.25, -0.2) is 9.36 Å². The molecule has 37 heavy (non-hydrogen) atoms. The van der Waals surface area contributed by atoms with E-state index in [-0.39, 0.29) is 12.2 Å². The lowest BCUT2D eigenvalue weighted by molar-refractivity contribution is -0.149. The number of nitrogens with one attached hydrogen (secondary N) is 2. The van der Waals surface area contributed by atoms with E-state index in [1.807, 2.05) is 0 Å². The van der Waals surface area contributed by atoms with Gasteiger partial charge in [0, 0.05) is 0 Å². The number of aliphatic hydroxyl groups excluding tert-OH is 2. The molecule has 13 nitrogen and oxygen atoms in total. The highest BCUT2D eigenvalue weighted by molar-refractivity contribution is 7.52. The van der Waals surface area contributed by atoms with Crippen molar-refractivity contribution in [1.29, 1.82) is 0 Å². The van der Waals surface area contributed by atoms with E-state index in [9.17, 15) is 33.6 Å². The minimum absolute atomic E-state index is 0.0955. The molecule has 0 saturated carbocycles. The van der Waals surface area contributed by atoms with E-state index in [1.54, 1.807) is 37.0 Å². The molecule has 0 radical (unpaired) electrons. The molecule has 0 fully saturated rings. The highest BCUT2D eigenvalue weighted by Gasteiger charge is 2.40. The Labute approximate surface area is 210 Å².